The van der Waals surface area contributed by atoms with Gasteiger partial charge < -0.3 is 11.5 Å². The van der Waals surface area contributed by atoms with Crippen LogP contribution in [-0.4, -0.2) is 15.7 Å². The number of benzene rings is 1. The molecule has 0 fully saturated rings. The molecule has 2 aromatic rings. The van der Waals surface area contributed by atoms with Gasteiger partial charge in [-0.1, -0.05) is 41.9 Å². The van der Waals surface area contributed by atoms with Crippen molar-refractivity contribution < 1.29 is 4.79 Å². The van der Waals surface area contributed by atoms with Gasteiger partial charge >= 0.3 is 0 Å². The first-order valence-corrected chi connectivity index (χ1v) is 7.08. The third-order valence-electron chi connectivity index (χ3n) is 3.74. The first-order valence-electron chi connectivity index (χ1n) is 6.70. The van der Waals surface area contributed by atoms with Gasteiger partial charge in [-0.25, -0.2) is 0 Å². The Morgan fingerprint density at radius 2 is 1.95 bits per heavy atom. The second-order valence-corrected chi connectivity index (χ2v) is 5.54. The molecule has 4 N–H and O–H groups in total. The lowest BCUT2D eigenvalue weighted by atomic mass is 9.87. The van der Waals surface area contributed by atoms with Crippen LogP contribution in [0, 0.1) is 13.8 Å². The summed E-state index contributed by atoms with van der Waals surface area (Å²) < 4.78 is 1.76. The molecule has 0 aliphatic rings. The van der Waals surface area contributed by atoms with Crippen molar-refractivity contribution in [2.75, 3.05) is 0 Å². The zero-order chi connectivity index (χ0) is 15.6. The van der Waals surface area contributed by atoms with E-state index in [-0.39, 0.29) is 0 Å². The topological polar surface area (TPSA) is 86.9 Å². The highest BCUT2D eigenvalue weighted by Crippen LogP contribution is 2.25. The van der Waals surface area contributed by atoms with Crippen LogP contribution in [-0.2, 0) is 16.9 Å². The Labute approximate surface area is 128 Å². The fraction of sp³-hybridized carbons (Fsp3) is 0.333. The maximum Gasteiger partial charge on any atom is 0.242 e. The van der Waals surface area contributed by atoms with Crippen LogP contribution in [0.25, 0.3) is 0 Å². The lowest BCUT2D eigenvalue weighted by Crippen LogP contribution is -2.49. The van der Waals surface area contributed by atoms with Crippen molar-refractivity contribution in [1.82, 2.24) is 9.78 Å². The Kier molecular flexibility index (Phi) is 4.34. The van der Waals surface area contributed by atoms with Gasteiger partial charge in [-0.2, -0.15) is 5.10 Å². The Balaban J connectivity index is 2.26. The van der Waals surface area contributed by atoms with Crippen LogP contribution in [0.2, 0.25) is 5.02 Å². The molecule has 21 heavy (non-hydrogen) atoms. The second kappa shape index (κ2) is 5.87. The zero-order valence-electron chi connectivity index (χ0n) is 12.1. The van der Waals surface area contributed by atoms with Gasteiger partial charge in [0.1, 0.15) is 5.54 Å². The minimum Gasteiger partial charge on any atom is -0.368 e. The molecular weight excluding hydrogens is 288 g/mol. The van der Waals surface area contributed by atoms with Crippen LogP contribution in [0.3, 0.4) is 0 Å². The predicted molar refractivity (Wildman–Crippen MR) is 82.8 cm³/mol. The van der Waals surface area contributed by atoms with E-state index in [1.807, 2.05) is 32.0 Å². The van der Waals surface area contributed by atoms with E-state index in [4.69, 9.17) is 23.1 Å². The molecule has 0 radical (unpaired) electrons. The minimum atomic E-state index is -1.22. The van der Waals surface area contributed by atoms with Crippen LogP contribution in [0.4, 0.5) is 0 Å². The SMILES string of the molecule is Cc1nn(CCC(N)(C(N)=O)c2ccccc2)c(C)c1Cl. The average Bonchev–Trinajstić information content (AvgIpc) is 2.72. The number of aryl methyl sites for hydroxylation is 2. The van der Waals surface area contributed by atoms with Crippen molar-refractivity contribution in [3.63, 3.8) is 0 Å². The second-order valence-electron chi connectivity index (χ2n) is 5.16. The van der Waals surface area contributed by atoms with Crippen molar-refractivity contribution >= 4 is 17.5 Å². The lowest BCUT2D eigenvalue weighted by molar-refractivity contribution is -0.123. The number of hydrogen-bond acceptors (Lipinski definition) is 3. The van der Waals surface area contributed by atoms with Gasteiger partial charge in [-0.3, -0.25) is 9.48 Å². The van der Waals surface area contributed by atoms with Gasteiger partial charge in [0.25, 0.3) is 0 Å². The third kappa shape index (κ3) is 2.94. The van der Waals surface area contributed by atoms with E-state index in [1.165, 1.54) is 0 Å². The molecular formula is C15H19ClN4O. The standard InChI is InChI=1S/C15H19ClN4O/c1-10-13(16)11(2)20(19-10)9-8-15(18,14(17)21)12-6-4-3-5-7-12/h3-7H,8-9,18H2,1-2H3,(H2,17,21). The Bertz CT molecular complexity index is 653. The summed E-state index contributed by atoms with van der Waals surface area (Å²) in [6, 6.07) is 9.14. The van der Waals surface area contributed by atoms with E-state index in [0.717, 1.165) is 11.4 Å². The first kappa shape index (κ1) is 15.5. The number of aromatic nitrogens is 2. The Morgan fingerprint density at radius 3 is 2.43 bits per heavy atom. The molecule has 0 saturated carbocycles. The van der Waals surface area contributed by atoms with E-state index in [0.29, 0.717) is 23.6 Å². The Morgan fingerprint density at radius 1 is 1.33 bits per heavy atom. The molecule has 1 aromatic carbocycles. The molecule has 5 nitrogen and oxygen atoms in total. The number of halogens is 1. The number of rotatable bonds is 5. The molecule has 1 unspecified atom stereocenters. The van der Waals surface area contributed by atoms with E-state index in [1.54, 1.807) is 16.8 Å². The maximum atomic E-state index is 11.8. The number of primary amides is 1. The number of hydrogen-bond donors (Lipinski definition) is 2. The van der Waals surface area contributed by atoms with E-state index >= 15 is 0 Å². The molecule has 1 atom stereocenters. The van der Waals surface area contributed by atoms with E-state index in [2.05, 4.69) is 5.10 Å². The van der Waals surface area contributed by atoms with Crippen LogP contribution < -0.4 is 11.5 Å². The molecule has 0 aliphatic carbocycles. The summed E-state index contributed by atoms with van der Waals surface area (Å²) in [7, 11) is 0. The van der Waals surface area contributed by atoms with Crippen LogP contribution >= 0.6 is 11.6 Å². The van der Waals surface area contributed by atoms with E-state index < -0.39 is 11.4 Å². The Hall–Kier alpha value is -1.85. The molecule has 0 saturated heterocycles. The molecule has 1 amide bonds. The lowest BCUT2D eigenvalue weighted by Gasteiger charge is -2.26. The van der Waals surface area contributed by atoms with Gasteiger partial charge in [0.2, 0.25) is 5.91 Å². The summed E-state index contributed by atoms with van der Waals surface area (Å²) in [5, 5.41) is 4.98. The van der Waals surface area contributed by atoms with Crippen molar-refractivity contribution in [1.29, 1.82) is 0 Å². The minimum absolute atomic E-state index is 0.352. The molecule has 0 aliphatic heterocycles. The third-order valence-corrected chi connectivity index (χ3v) is 4.29. The predicted octanol–water partition coefficient (Wildman–Crippen LogP) is 1.88. The highest BCUT2D eigenvalue weighted by atomic mass is 35.5. The number of nitrogens with zero attached hydrogens (tertiary/aromatic N) is 2. The number of nitrogens with two attached hydrogens (primary N) is 2. The first-order chi connectivity index (χ1) is 9.86. The molecule has 6 heteroatoms. The summed E-state index contributed by atoms with van der Waals surface area (Å²) in [5.41, 5.74) is 12.9. The molecule has 0 spiro atoms. The fourth-order valence-electron chi connectivity index (χ4n) is 2.32. The summed E-state index contributed by atoms with van der Waals surface area (Å²) in [5.74, 6) is -0.554. The van der Waals surface area contributed by atoms with E-state index in [9.17, 15) is 4.79 Å². The van der Waals surface area contributed by atoms with Gasteiger partial charge in [0.05, 0.1) is 16.4 Å². The summed E-state index contributed by atoms with van der Waals surface area (Å²) in [4.78, 5) is 11.8. The van der Waals surface area contributed by atoms with Crippen molar-refractivity contribution in [2.24, 2.45) is 11.5 Å². The van der Waals surface area contributed by atoms with Crippen LogP contribution in [0.5, 0.6) is 0 Å². The molecule has 1 heterocycles. The summed E-state index contributed by atoms with van der Waals surface area (Å²) in [6.07, 6.45) is 0.352. The number of carbonyl (C=O) groups is 1. The highest BCUT2D eigenvalue weighted by molar-refractivity contribution is 6.31. The van der Waals surface area contributed by atoms with Crippen LogP contribution in [0.1, 0.15) is 23.4 Å². The molecule has 2 rings (SSSR count). The summed E-state index contributed by atoms with van der Waals surface area (Å²) >= 11 is 6.12. The van der Waals surface area contributed by atoms with Gasteiger partial charge in [0, 0.05) is 6.54 Å². The van der Waals surface area contributed by atoms with Gasteiger partial charge in [0.15, 0.2) is 0 Å². The normalized spacial score (nSPS) is 13.9. The molecule has 112 valence electrons. The summed E-state index contributed by atoms with van der Waals surface area (Å²) in [6.45, 7) is 4.19. The van der Waals surface area contributed by atoms with Crippen LogP contribution in [0.15, 0.2) is 30.3 Å². The average molecular weight is 307 g/mol. The van der Waals surface area contributed by atoms with Gasteiger partial charge in [-0.05, 0) is 25.8 Å². The van der Waals surface area contributed by atoms with Gasteiger partial charge in [-0.15, -0.1) is 0 Å². The largest absolute Gasteiger partial charge is 0.368 e. The number of carbonyl (C=O) groups excluding carboxylic acids is 1. The zero-order valence-corrected chi connectivity index (χ0v) is 12.9. The number of amides is 1. The molecule has 1 aromatic heterocycles. The fourth-order valence-corrected chi connectivity index (χ4v) is 2.46. The molecule has 0 bridgehead atoms. The van der Waals surface area contributed by atoms with Crippen molar-refractivity contribution in [2.45, 2.75) is 32.4 Å². The highest BCUT2D eigenvalue weighted by Gasteiger charge is 2.34. The quantitative estimate of drug-likeness (QED) is 0.884. The van der Waals surface area contributed by atoms with Crippen molar-refractivity contribution in [3.05, 3.63) is 52.3 Å². The van der Waals surface area contributed by atoms with Crippen molar-refractivity contribution in [3.8, 4) is 0 Å². The maximum absolute atomic E-state index is 11.8. The monoisotopic (exact) mass is 306 g/mol. The smallest absolute Gasteiger partial charge is 0.242 e.